The maximum Gasteiger partial charge on any atom is 0.328 e. The predicted molar refractivity (Wildman–Crippen MR) is 115 cm³/mol. The summed E-state index contributed by atoms with van der Waals surface area (Å²) in [7, 11) is 1.33. The van der Waals surface area contributed by atoms with Crippen molar-refractivity contribution in [2.24, 2.45) is 5.92 Å². The van der Waals surface area contributed by atoms with Crippen molar-refractivity contribution in [2.45, 2.75) is 32.9 Å². The fraction of sp³-hybridized carbons (Fsp3) is 0.304. The van der Waals surface area contributed by atoms with Crippen LogP contribution in [0, 0.1) is 5.92 Å². The van der Waals surface area contributed by atoms with E-state index in [-0.39, 0.29) is 17.3 Å². The lowest BCUT2D eigenvalue weighted by atomic mass is 10.0. The molecule has 0 unspecified atom stereocenters. The number of benzene rings is 1. The third-order valence-electron chi connectivity index (χ3n) is 4.88. The molecule has 7 heteroatoms. The quantitative estimate of drug-likeness (QED) is 0.422. The van der Waals surface area contributed by atoms with Crippen molar-refractivity contribution in [3.05, 3.63) is 76.2 Å². The molecule has 3 aromatic rings. The Morgan fingerprint density at radius 3 is 2.50 bits per heavy atom. The Morgan fingerprint density at radius 2 is 1.87 bits per heavy atom. The molecule has 0 fully saturated rings. The van der Waals surface area contributed by atoms with E-state index in [1.807, 2.05) is 44.2 Å². The van der Waals surface area contributed by atoms with Gasteiger partial charge in [-0.3, -0.25) is 14.0 Å². The molecular formula is C23H25N3O4. The average Bonchev–Trinajstić information content (AvgIpc) is 2.76. The van der Waals surface area contributed by atoms with Crippen LogP contribution in [-0.2, 0) is 16.1 Å². The van der Waals surface area contributed by atoms with Crippen molar-refractivity contribution >= 4 is 23.7 Å². The summed E-state index contributed by atoms with van der Waals surface area (Å²) in [5.41, 5.74) is 0.750. The van der Waals surface area contributed by atoms with Crippen molar-refractivity contribution in [2.75, 3.05) is 12.0 Å². The summed E-state index contributed by atoms with van der Waals surface area (Å²) in [4.78, 5) is 44.0. The second kappa shape index (κ2) is 9.35. The maximum atomic E-state index is 13.0. The number of esters is 1. The van der Waals surface area contributed by atoms with Gasteiger partial charge in [0.25, 0.3) is 5.56 Å². The first-order chi connectivity index (χ1) is 14.5. The van der Waals surface area contributed by atoms with Gasteiger partial charge in [-0.15, -0.1) is 0 Å². The predicted octanol–water partition coefficient (Wildman–Crippen LogP) is 3.10. The van der Waals surface area contributed by atoms with Crippen LogP contribution < -0.4 is 10.5 Å². The Bertz CT molecular complexity index is 1090. The summed E-state index contributed by atoms with van der Waals surface area (Å²) in [6.07, 6.45) is 2.55. The summed E-state index contributed by atoms with van der Waals surface area (Å²) in [5, 5.41) is 0. The molecule has 2 heterocycles. The van der Waals surface area contributed by atoms with Gasteiger partial charge in [0, 0.05) is 12.7 Å². The third-order valence-corrected chi connectivity index (χ3v) is 4.88. The first-order valence-corrected chi connectivity index (χ1v) is 9.81. The number of rotatable bonds is 8. The molecule has 0 N–H and O–H groups in total. The number of carbonyl (C=O) groups is 2. The highest BCUT2D eigenvalue weighted by atomic mass is 16.5. The van der Waals surface area contributed by atoms with Crippen LogP contribution in [0.4, 0.5) is 5.82 Å². The third kappa shape index (κ3) is 4.40. The molecular weight excluding hydrogens is 382 g/mol. The van der Waals surface area contributed by atoms with Crippen LogP contribution in [0.25, 0.3) is 5.65 Å². The summed E-state index contributed by atoms with van der Waals surface area (Å²) >= 11 is 0. The molecule has 0 amide bonds. The second-order valence-electron chi connectivity index (χ2n) is 7.48. The lowest BCUT2D eigenvalue weighted by molar-refractivity contribution is -0.142. The molecule has 156 valence electrons. The van der Waals surface area contributed by atoms with Gasteiger partial charge in [0.2, 0.25) is 0 Å². The summed E-state index contributed by atoms with van der Waals surface area (Å²) in [6.45, 7) is 4.30. The molecule has 1 aromatic carbocycles. The molecule has 0 saturated heterocycles. The van der Waals surface area contributed by atoms with Gasteiger partial charge in [0.1, 0.15) is 23.1 Å². The smallest absolute Gasteiger partial charge is 0.328 e. The molecule has 0 aliphatic heterocycles. The van der Waals surface area contributed by atoms with E-state index in [9.17, 15) is 14.4 Å². The van der Waals surface area contributed by atoms with Crippen molar-refractivity contribution in [1.29, 1.82) is 0 Å². The number of aromatic nitrogens is 2. The van der Waals surface area contributed by atoms with Gasteiger partial charge in [-0.2, -0.15) is 0 Å². The van der Waals surface area contributed by atoms with Crippen LogP contribution in [0.15, 0.2) is 59.5 Å². The highest BCUT2D eigenvalue weighted by Gasteiger charge is 2.31. The van der Waals surface area contributed by atoms with Gasteiger partial charge in [-0.1, -0.05) is 50.2 Å². The maximum absolute atomic E-state index is 13.0. The lowest BCUT2D eigenvalue weighted by Gasteiger charge is -2.32. The topological polar surface area (TPSA) is 81.0 Å². The van der Waals surface area contributed by atoms with Crippen LogP contribution in [0.1, 0.15) is 36.2 Å². The van der Waals surface area contributed by atoms with Crippen molar-refractivity contribution < 1.29 is 14.3 Å². The zero-order chi connectivity index (χ0) is 21.7. The normalized spacial score (nSPS) is 12.0. The zero-order valence-electron chi connectivity index (χ0n) is 17.3. The monoisotopic (exact) mass is 407 g/mol. The van der Waals surface area contributed by atoms with E-state index in [2.05, 4.69) is 4.98 Å². The van der Waals surface area contributed by atoms with E-state index in [1.54, 1.807) is 29.3 Å². The van der Waals surface area contributed by atoms with E-state index < -0.39 is 17.6 Å². The molecule has 0 bridgehead atoms. The van der Waals surface area contributed by atoms with Crippen molar-refractivity contribution in [1.82, 2.24) is 9.38 Å². The van der Waals surface area contributed by atoms with Crippen LogP contribution >= 0.6 is 0 Å². The number of pyridine rings is 1. The minimum absolute atomic E-state index is 0.0905. The van der Waals surface area contributed by atoms with Crippen LogP contribution in [0.5, 0.6) is 0 Å². The van der Waals surface area contributed by atoms with Gasteiger partial charge < -0.3 is 9.64 Å². The molecule has 7 nitrogen and oxygen atoms in total. The van der Waals surface area contributed by atoms with Gasteiger partial charge in [0.05, 0.1) is 7.11 Å². The molecule has 2 aromatic heterocycles. The Morgan fingerprint density at radius 1 is 1.17 bits per heavy atom. The van der Waals surface area contributed by atoms with Gasteiger partial charge >= 0.3 is 5.97 Å². The number of anilines is 1. The van der Waals surface area contributed by atoms with Crippen LogP contribution in [0.2, 0.25) is 0 Å². The van der Waals surface area contributed by atoms with Gasteiger partial charge in [-0.05, 0) is 30.0 Å². The summed E-state index contributed by atoms with van der Waals surface area (Å²) in [6, 6.07) is 14.0. The molecule has 0 aliphatic rings. The number of hydrogen-bond acceptors (Lipinski definition) is 6. The SMILES string of the molecule is COC(=O)[C@H](CC(C)C)N(Cc1ccccc1)c1nc2ccccn2c(=O)c1C=O. The number of methoxy groups -OCH3 is 1. The number of hydrogen-bond donors (Lipinski definition) is 0. The minimum atomic E-state index is -0.702. The molecule has 30 heavy (non-hydrogen) atoms. The summed E-state index contributed by atoms with van der Waals surface area (Å²) in [5.74, 6) is -0.0822. The number of carbonyl (C=O) groups excluding carboxylic acids is 2. The molecule has 3 rings (SSSR count). The minimum Gasteiger partial charge on any atom is -0.467 e. The van der Waals surface area contributed by atoms with E-state index in [1.165, 1.54) is 11.5 Å². The van der Waals surface area contributed by atoms with Gasteiger partial charge in [-0.25, -0.2) is 9.78 Å². The van der Waals surface area contributed by atoms with Crippen molar-refractivity contribution in [3.8, 4) is 0 Å². The number of fused-ring (bicyclic) bond motifs is 1. The Kier molecular flexibility index (Phi) is 6.61. The highest BCUT2D eigenvalue weighted by Crippen LogP contribution is 2.25. The molecule has 1 atom stereocenters. The molecule has 0 saturated carbocycles. The Balaban J connectivity index is 2.24. The molecule has 0 spiro atoms. The van der Waals surface area contributed by atoms with Crippen molar-refractivity contribution in [3.63, 3.8) is 0 Å². The second-order valence-corrected chi connectivity index (χ2v) is 7.48. The van der Waals surface area contributed by atoms with E-state index in [0.717, 1.165) is 5.56 Å². The van der Waals surface area contributed by atoms with E-state index in [4.69, 9.17) is 4.74 Å². The standard InChI is InChI=1S/C23H25N3O4/c1-16(2)13-19(23(29)30-3)26(14-17-9-5-4-6-10-17)21-18(15-27)22(28)25-12-8-7-11-20(25)24-21/h4-12,15-16,19H,13-14H2,1-3H3/t19-/m0/s1. The fourth-order valence-corrected chi connectivity index (χ4v) is 3.46. The molecule has 0 radical (unpaired) electrons. The first-order valence-electron chi connectivity index (χ1n) is 9.81. The van der Waals surface area contributed by atoms with Crippen LogP contribution in [0.3, 0.4) is 0 Å². The Labute approximate surface area is 174 Å². The van der Waals surface area contributed by atoms with E-state index in [0.29, 0.717) is 24.9 Å². The summed E-state index contributed by atoms with van der Waals surface area (Å²) < 4.78 is 6.39. The highest BCUT2D eigenvalue weighted by molar-refractivity contribution is 5.86. The van der Waals surface area contributed by atoms with Gasteiger partial charge in [0.15, 0.2) is 6.29 Å². The number of ether oxygens (including phenoxy) is 1. The zero-order valence-corrected chi connectivity index (χ0v) is 17.3. The van der Waals surface area contributed by atoms with E-state index >= 15 is 0 Å². The fourth-order valence-electron chi connectivity index (χ4n) is 3.46. The van der Waals surface area contributed by atoms with Crippen LogP contribution in [-0.4, -0.2) is 34.8 Å². The largest absolute Gasteiger partial charge is 0.467 e. The number of nitrogens with zero attached hydrogens (tertiary/aromatic N) is 3. The molecule has 0 aliphatic carbocycles. The number of aldehydes is 1. The Hall–Kier alpha value is -3.48. The average molecular weight is 407 g/mol. The first kappa shape index (κ1) is 21.2. The lowest BCUT2D eigenvalue weighted by Crippen LogP contribution is -2.44.